The summed E-state index contributed by atoms with van der Waals surface area (Å²) in [5, 5.41) is 25.0. The van der Waals surface area contributed by atoms with Crippen LogP contribution in [0.4, 0.5) is 23.7 Å². The molecule has 10 heteroatoms. The summed E-state index contributed by atoms with van der Waals surface area (Å²) in [6.07, 6.45) is -5.90. The molecule has 2 N–H and O–H groups in total. The maximum atomic E-state index is 13.7. The van der Waals surface area contributed by atoms with Crippen molar-refractivity contribution >= 4 is 34.3 Å². The monoisotopic (exact) mass is 469 g/mol. The summed E-state index contributed by atoms with van der Waals surface area (Å²) in [4.78, 5) is 13.1. The van der Waals surface area contributed by atoms with Gasteiger partial charge in [0.05, 0.1) is 30.4 Å². The van der Waals surface area contributed by atoms with Gasteiger partial charge in [-0.15, -0.1) is 0 Å². The Morgan fingerprint density at radius 2 is 1.75 bits per heavy atom. The highest BCUT2D eigenvalue weighted by atomic mass is 35.5. The first-order valence-corrected chi connectivity index (χ1v) is 10.1. The van der Waals surface area contributed by atoms with E-state index in [1.807, 2.05) is 0 Å². The van der Waals surface area contributed by atoms with Gasteiger partial charge in [0.25, 0.3) is 0 Å². The molecule has 0 aliphatic heterocycles. The molecule has 3 rings (SSSR count). The molecule has 3 aromatic rings. The zero-order chi connectivity index (χ0) is 23.9. The minimum Gasteiger partial charge on any atom is -0.465 e. The average molecular weight is 470 g/mol. The molecule has 0 saturated heterocycles. The third-order valence-corrected chi connectivity index (χ3v) is 5.49. The van der Waals surface area contributed by atoms with Crippen molar-refractivity contribution < 1.29 is 28.2 Å². The van der Waals surface area contributed by atoms with Gasteiger partial charge in [0.1, 0.15) is 5.54 Å². The van der Waals surface area contributed by atoms with Gasteiger partial charge in [-0.05, 0) is 50.6 Å². The summed E-state index contributed by atoms with van der Waals surface area (Å²) in [5.41, 5.74) is -2.09. The first-order chi connectivity index (χ1) is 14.8. The van der Waals surface area contributed by atoms with E-state index >= 15 is 0 Å². The van der Waals surface area contributed by atoms with Gasteiger partial charge >= 0.3 is 12.3 Å². The van der Waals surface area contributed by atoms with Crippen LogP contribution in [0.15, 0.2) is 48.7 Å². The Balaban J connectivity index is 2.31. The summed E-state index contributed by atoms with van der Waals surface area (Å²) in [6, 6.07) is 10.4. The second kappa shape index (κ2) is 8.29. The number of nitrogens with zero attached hydrogens (tertiary/aromatic N) is 3. The Bertz CT molecular complexity index is 1120. The molecular weight excluding hydrogens is 447 g/mol. The third-order valence-electron chi connectivity index (χ3n) is 5.24. The molecule has 2 aromatic carbocycles. The third kappa shape index (κ3) is 4.40. The number of aromatic nitrogens is 2. The van der Waals surface area contributed by atoms with E-state index in [1.54, 1.807) is 39.0 Å². The maximum absolute atomic E-state index is 13.7. The number of alkyl halides is 3. The molecule has 1 amide bonds. The van der Waals surface area contributed by atoms with E-state index in [1.165, 1.54) is 30.5 Å². The molecule has 1 aromatic heterocycles. The largest absolute Gasteiger partial charge is 0.465 e. The highest BCUT2D eigenvalue weighted by Gasteiger charge is 2.46. The predicted octanol–water partition coefficient (Wildman–Crippen LogP) is 5.66. The zero-order valence-electron chi connectivity index (χ0n) is 17.7. The first-order valence-electron chi connectivity index (χ1n) is 9.74. The first kappa shape index (κ1) is 23.9. The van der Waals surface area contributed by atoms with Crippen LogP contribution < -0.4 is 4.90 Å². The molecule has 32 heavy (non-hydrogen) atoms. The van der Waals surface area contributed by atoms with Gasteiger partial charge in [-0.2, -0.15) is 18.3 Å². The van der Waals surface area contributed by atoms with Crippen molar-refractivity contribution in [3.63, 3.8) is 0 Å². The number of benzene rings is 2. The van der Waals surface area contributed by atoms with E-state index in [0.717, 1.165) is 9.58 Å². The molecule has 0 saturated carbocycles. The predicted molar refractivity (Wildman–Crippen MR) is 116 cm³/mol. The Labute approximate surface area is 187 Å². The van der Waals surface area contributed by atoms with Crippen LogP contribution >= 0.6 is 11.6 Å². The minimum atomic E-state index is -4.63. The van der Waals surface area contributed by atoms with E-state index < -0.39 is 36.4 Å². The molecule has 0 bridgehead atoms. The molecule has 0 radical (unpaired) electrons. The highest BCUT2D eigenvalue weighted by Crippen LogP contribution is 2.41. The molecule has 172 valence electrons. The lowest BCUT2D eigenvalue weighted by Gasteiger charge is -2.35. The van der Waals surface area contributed by atoms with Gasteiger partial charge < -0.3 is 10.2 Å². The Morgan fingerprint density at radius 1 is 1.12 bits per heavy atom. The second-order valence-electron chi connectivity index (χ2n) is 8.54. The quantitative estimate of drug-likeness (QED) is 0.505. The van der Waals surface area contributed by atoms with E-state index in [2.05, 4.69) is 5.10 Å². The fourth-order valence-corrected chi connectivity index (χ4v) is 4.05. The summed E-state index contributed by atoms with van der Waals surface area (Å²) < 4.78 is 42.2. The molecular formula is C22H23ClF3N3O3. The molecule has 1 unspecified atom stereocenters. The molecule has 0 spiro atoms. The molecule has 0 aliphatic carbocycles. The van der Waals surface area contributed by atoms with Gasteiger partial charge in [-0.1, -0.05) is 29.8 Å². The number of halogens is 4. The summed E-state index contributed by atoms with van der Waals surface area (Å²) in [5.74, 6) is 0. The number of hydrogen-bond acceptors (Lipinski definition) is 3. The van der Waals surface area contributed by atoms with Crippen molar-refractivity contribution in [1.82, 2.24) is 9.78 Å². The number of amides is 1. The van der Waals surface area contributed by atoms with Crippen molar-refractivity contribution in [2.45, 2.75) is 44.4 Å². The van der Waals surface area contributed by atoms with E-state index in [-0.39, 0.29) is 16.8 Å². The van der Waals surface area contributed by atoms with E-state index in [9.17, 15) is 28.2 Å². The lowest BCUT2D eigenvalue weighted by Crippen LogP contribution is -2.45. The standard InChI is InChI=1S/C22H23ClF3N3O3/c1-20(2,3)28(19(31)32)17-5-4-6-18-16(17)11-27-29(18)21(13-30,12-22(24,25)26)14-7-9-15(23)10-8-14/h4-11,30H,12-13H2,1-3H3,(H,31,32). The van der Waals surface area contributed by atoms with Crippen molar-refractivity contribution in [2.24, 2.45) is 0 Å². The van der Waals surface area contributed by atoms with Crippen molar-refractivity contribution in [3.05, 3.63) is 59.2 Å². The Morgan fingerprint density at radius 3 is 2.25 bits per heavy atom. The Kier molecular flexibility index (Phi) is 6.19. The number of anilines is 1. The van der Waals surface area contributed by atoms with Crippen LogP contribution in [-0.4, -0.2) is 44.4 Å². The van der Waals surface area contributed by atoms with Gasteiger partial charge in [0, 0.05) is 15.9 Å². The number of aliphatic hydroxyl groups is 1. The fraction of sp³-hybridized carbons (Fsp3) is 0.364. The lowest BCUT2D eigenvalue weighted by molar-refractivity contribution is -0.156. The second-order valence-corrected chi connectivity index (χ2v) is 8.98. The summed E-state index contributed by atoms with van der Waals surface area (Å²) in [7, 11) is 0. The van der Waals surface area contributed by atoms with Crippen LogP contribution in [-0.2, 0) is 5.54 Å². The van der Waals surface area contributed by atoms with Crippen molar-refractivity contribution in [1.29, 1.82) is 0 Å². The summed E-state index contributed by atoms with van der Waals surface area (Å²) >= 11 is 5.92. The molecule has 6 nitrogen and oxygen atoms in total. The molecule has 1 heterocycles. The average Bonchev–Trinajstić information content (AvgIpc) is 3.10. The number of rotatable bonds is 5. The van der Waals surface area contributed by atoms with Gasteiger partial charge in [0.2, 0.25) is 0 Å². The summed E-state index contributed by atoms with van der Waals surface area (Å²) in [6.45, 7) is 4.23. The van der Waals surface area contributed by atoms with Crippen LogP contribution in [0.1, 0.15) is 32.8 Å². The Hall–Kier alpha value is -2.78. The maximum Gasteiger partial charge on any atom is 0.412 e. The van der Waals surface area contributed by atoms with Crippen LogP contribution in [0.5, 0.6) is 0 Å². The molecule has 0 aliphatic rings. The number of aliphatic hydroxyl groups excluding tert-OH is 1. The number of hydrogen-bond donors (Lipinski definition) is 2. The van der Waals surface area contributed by atoms with Crippen LogP contribution in [0, 0.1) is 0 Å². The van der Waals surface area contributed by atoms with Gasteiger partial charge in [-0.3, -0.25) is 9.58 Å². The molecule has 0 fully saturated rings. The van der Waals surface area contributed by atoms with Gasteiger partial charge in [0.15, 0.2) is 0 Å². The number of carbonyl (C=O) groups is 1. The SMILES string of the molecule is CC(C)(C)N(C(=O)O)c1cccc2c1cnn2C(CO)(CC(F)(F)F)c1ccc(Cl)cc1. The molecule has 1 atom stereocenters. The normalized spacial score (nSPS) is 14.4. The highest BCUT2D eigenvalue weighted by molar-refractivity contribution is 6.30. The zero-order valence-corrected chi connectivity index (χ0v) is 18.4. The number of fused-ring (bicyclic) bond motifs is 1. The minimum absolute atomic E-state index is 0.169. The van der Waals surface area contributed by atoms with Crippen molar-refractivity contribution in [3.8, 4) is 0 Å². The van der Waals surface area contributed by atoms with E-state index in [4.69, 9.17) is 11.6 Å². The lowest BCUT2D eigenvalue weighted by atomic mass is 9.86. The van der Waals surface area contributed by atoms with Gasteiger partial charge in [-0.25, -0.2) is 4.79 Å². The topological polar surface area (TPSA) is 78.6 Å². The fourth-order valence-electron chi connectivity index (χ4n) is 3.93. The van der Waals surface area contributed by atoms with Crippen LogP contribution in [0.25, 0.3) is 10.9 Å². The smallest absolute Gasteiger partial charge is 0.412 e. The van der Waals surface area contributed by atoms with Crippen LogP contribution in [0.3, 0.4) is 0 Å². The van der Waals surface area contributed by atoms with Crippen LogP contribution in [0.2, 0.25) is 5.02 Å². The van der Waals surface area contributed by atoms with E-state index in [0.29, 0.717) is 10.4 Å². The van der Waals surface area contributed by atoms with Crippen molar-refractivity contribution in [2.75, 3.05) is 11.5 Å². The number of carboxylic acid groups (broad SMARTS) is 1.